The number of allylic oxidation sites excluding steroid dienone is 1. The lowest BCUT2D eigenvalue weighted by atomic mass is 9.59. The molecule has 0 aromatic heterocycles. The van der Waals surface area contributed by atoms with E-state index in [0.29, 0.717) is 16.7 Å². The molecule has 1 aliphatic rings. The molecule has 0 saturated carbocycles. The van der Waals surface area contributed by atoms with Gasteiger partial charge in [-0.25, -0.2) is 0 Å². The number of Topliss-reactive ketones (excluding diaryl/α,β-unsaturated/α-hetero) is 2. The van der Waals surface area contributed by atoms with Gasteiger partial charge in [0.15, 0.2) is 0 Å². The van der Waals surface area contributed by atoms with E-state index in [9.17, 15) is 14.7 Å². The van der Waals surface area contributed by atoms with Gasteiger partial charge in [0.05, 0.1) is 5.41 Å². The highest BCUT2D eigenvalue weighted by Gasteiger charge is 2.57. The van der Waals surface area contributed by atoms with Crippen molar-refractivity contribution in [2.24, 2.45) is 0 Å². The standard InChI is InChI=1S/C16H18O3/c1-10-11(2)16(4,19)15(3,14(18)13(10)17)12-8-6-5-7-9-12/h5-9,19H,1-4H3. The summed E-state index contributed by atoms with van der Waals surface area (Å²) in [5.41, 5.74) is -1.05. The molecule has 3 heteroatoms. The van der Waals surface area contributed by atoms with Gasteiger partial charge >= 0.3 is 0 Å². The Morgan fingerprint density at radius 1 is 1.00 bits per heavy atom. The Morgan fingerprint density at radius 3 is 2.05 bits per heavy atom. The molecule has 0 heterocycles. The van der Waals surface area contributed by atoms with Crippen LogP contribution in [-0.2, 0) is 15.0 Å². The summed E-state index contributed by atoms with van der Waals surface area (Å²) < 4.78 is 0. The fraction of sp³-hybridized carbons (Fsp3) is 0.375. The highest BCUT2D eigenvalue weighted by Crippen LogP contribution is 2.45. The molecule has 1 aromatic carbocycles. The Labute approximate surface area is 113 Å². The average molecular weight is 258 g/mol. The first-order valence-corrected chi connectivity index (χ1v) is 6.29. The maximum Gasteiger partial charge on any atom is 0.225 e. The van der Waals surface area contributed by atoms with Crippen molar-refractivity contribution in [1.29, 1.82) is 0 Å². The second-order valence-corrected chi connectivity index (χ2v) is 5.47. The van der Waals surface area contributed by atoms with Crippen molar-refractivity contribution in [3.8, 4) is 0 Å². The van der Waals surface area contributed by atoms with Gasteiger partial charge in [0.25, 0.3) is 0 Å². The molecule has 2 rings (SSSR count). The van der Waals surface area contributed by atoms with E-state index in [1.54, 1.807) is 52.0 Å². The molecule has 1 aromatic rings. The van der Waals surface area contributed by atoms with Crippen molar-refractivity contribution >= 4 is 11.6 Å². The van der Waals surface area contributed by atoms with Crippen molar-refractivity contribution < 1.29 is 14.7 Å². The molecule has 0 saturated heterocycles. The van der Waals surface area contributed by atoms with Gasteiger partial charge in [-0.2, -0.15) is 0 Å². The lowest BCUT2D eigenvalue weighted by molar-refractivity contribution is -0.144. The van der Waals surface area contributed by atoms with Crippen LogP contribution in [0.3, 0.4) is 0 Å². The van der Waals surface area contributed by atoms with E-state index in [1.807, 2.05) is 6.07 Å². The minimum absolute atomic E-state index is 0.350. The third kappa shape index (κ3) is 1.61. The number of hydrogen-bond donors (Lipinski definition) is 1. The molecule has 0 fully saturated rings. The quantitative estimate of drug-likeness (QED) is 0.785. The van der Waals surface area contributed by atoms with E-state index in [4.69, 9.17) is 0 Å². The summed E-state index contributed by atoms with van der Waals surface area (Å²) in [5, 5.41) is 10.8. The molecule has 100 valence electrons. The second kappa shape index (κ2) is 4.14. The molecule has 2 unspecified atom stereocenters. The van der Waals surface area contributed by atoms with Crippen LogP contribution in [0.25, 0.3) is 0 Å². The van der Waals surface area contributed by atoms with Crippen molar-refractivity contribution in [2.75, 3.05) is 0 Å². The van der Waals surface area contributed by atoms with Crippen molar-refractivity contribution in [2.45, 2.75) is 38.7 Å². The van der Waals surface area contributed by atoms with E-state index < -0.39 is 22.6 Å². The Kier molecular flexibility index (Phi) is 2.98. The number of carbonyl (C=O) groups excluding carboxylic acids is 2. The molecule has 0 radical (unpaired) electrons. The Balaban J connectivity index is 2.76. The van der Waals surface area contributed by atoms with Crippen LogP contribution in [0, 0.1) is 0 Å². The smallest absolute Gasteiger partial charge is 0.225 e. The van der Waals surface area contributed by atoms with Gasteiger partial charge in [-0.05, 0) is 38.8 Å². The van der Waals surface area contributed by atoms with Gasteiger partial charge in [0.2, 0.25) is 11.6 Å². The summed E-state index contributed by atoms with van der Waals surface area (Å²) in [7, 11) is 0. The minimum atomic E-state index is -1.37. The highest BCUT2D eigenvalue weighted by atomic mass is 16.3. The summed E-state index contributed by atoms with van der Waals surface area (Å²) in [4.78, 5) is 24.6. The van der Waals surface area contributed by atoms with Crippen LogP contribution in [0.15, 0.2) is 41.5 Å². The SMILES string of the molecule is CC1=C(C)C(C)(O)C(C)(c2ccccc2)C(=O)C1=O. The largest absolute Gasteiger partial charge is 0.384 e. The first-order chi connectivity index (χ1) is 8.74. The van der Waals surface area contributed by atoms with Crippen LogP contribution in [0.1, 0.15) is 33.3 Å². The molecular weight excluding hydrogens is 240 g/mol. The number of benzene rings is 1. The monoisotopic (exact) mass is 258 g/mol. The normalized spacial score (nSPS) is 31.8. The fourth-order valence-electron chi connectivity index (χ4n) is 2.71. The Bertz CT molecular complexity index is 581. The first kappa shape index (κ1) is 13.7. The summed E-state index contributed by atoms with van der Waals surface area (Å²) >= 11 is 0. The number of hydrogen-bond acceptors (Lipinski definition) is 3. The molecule has 0 aliphatic heterocycles. The van der Waals surface area contributed by atoms with Crippen LogP contribution in [0.5, 0.6) is 0 Å². The van der Waals surface area contributed by atoms with Crippen LogP contribution in [0.4, 0.5) is 0 Å². The first-order valence-electron chi connectivity index (χ1n) is 6.29. The van der Waals surface area contributed by atoms with Crippen LogP contribution < -0.4 is 0 Å². The molecule has 0 bridgehead atoms. The van der Waals surface area contributed by atoms with Gasteiger partial charge in [0, 0.05) is 5.57 Å². The predicted molar refractivity (Wildman–Crippen MR) is 72.8 cm³/mol. The second-order valence-electron chi connectivity index (χ2n) is 5.47. The number of carbonyl (C=O) groups is 2. The van der Waals surface area contributed by atoms with E-state index in [0.717, 1.165) is 0 Å². The summed E-state index contributed by atoms with van der Waals surface area (Å²) in [6.45, 7) is 6.54. The lowest BCUT2D eigenvalue weighted by Crippen LogP contribution is -2.59. The zero-order valence-corrected chi connectivity index (χ0v) is 11.7. The summed E-state index contributed by atoms with van der Waals surface area (Å²) in [6, 6.07) is 8.98. The predicted octanol–water partition coefficient (Wildman–Crippen LogP) is 2.18. The lowest BCUT2D eigenvalue weighted by Gasteiger charge is -2.45. The van der Waals surface area contributed by atoms with E-state index >= 15 is 0 Å². The van der Waals surface area contributed by atoms with Gasteiger partial charge in [0.1, 0.15) is 5.60 Å². The maximum atomic E-state index is 12.5. The number of rotatable bonds is 1. The highest BCUT2D eigenvalue weighted by molar-refractivity contribution is 6.47. The zero-order chi connectivity index (χ0) is 14.4. The molecule has 3 nitrogen and oxygen atoms in total. The van der Waals surface area contributed by atoms with Gasteiger partial charge in [-0.3, -0.25) is 9.59 Å². The molecule has 2 atom stereocenters. The zero-order valence-electron chi connectivity index (χ0n) is 11.7. The van der Waals surface area contributed by atoms with Crippen LogP contribution >= 0.6 is 0 Å². The van der Waals surface area contributed by atoms with E-state index in [1.165, 1.54) is 0 Å². The fourth-order valence-corrected chi connectivity index (χ4v) is 2.71. The molecule has 1 aliphatic carbocycles. The summed E-state index contributed by atoms with van der Waals surface area (Å²) in [6.07, 6.45) is 0. The van der Waals surface area contributed by atoms with E-state index in [-0.39, 0.29) is 0 Å². The van der Waals surface area contributed by atoms with Crippen molar-refractivity contribution in [1.82, 2.24) is 0 Å². The topological polar surface area (TPSA) is 54.4 Å². The maximum absolute atomic E-state index is 12.5. The molecular formula is C16H18O3. The van der Waals surface area contributed by atoms with Gasteiger partial charge in [-0.1, -0.05) is 30.3 Å². The van der Waals surface area contributed by atoms with Crippen LogP contribution in [-0.4, -0.2) is 22.3 Å². The third-order valence-corrected chi connectivity index (χ3v) is 4.62. The molecule has 0 amide bonds. The molecule has 19 heavy (non-hydrogen) atoms. The van der Waals surface area contributed by atoms with E-state index in [2.05, 4.69) is 0 Å². The van der Waals surface area contributed by atoms with Gasteiger partial charge in [-0.15, -0.1) is 0 Å². The average Bonchev–Trinajstić information content (AvgIpc) is 2.42. The molecule has 1 N–H and O–H groups in total. The number of ketones is 2. The number of aliphatic hydroxyl groups is 1. The Morgan fingerprint density at radius 2 is 1.53 bits per heavy atom. The van der Waals surface area contributed by atoms with Crippen molar-refractivity contribution in [3.05, 3.63) is 47.0 Å². The van der Waals surface area contributed by atoms with Crippen LogP contribution in [0.2, 0.25) is 0 Å². The minimum Gasteiger partial charge on any atom is -0.384 e. The third-order valence-electron chi connectivity index (χ3n) is 4.62. The van der Waals surface area contributed by atoms with Crippen molar-refractivity contribution in [3.63, 3.8) is 0 Å². The summed E-state index contributed by atoms with van der Waals surface area (Å²) in [5.74, 6) is -1.05. The van der Waals surface area contributed by atoms with Gasteiger partial charge < -0.3 is 5.11 Å². The Hall–Kier alpha value is -1.74. The molecule has 0 spiro atoms.